The van der Waals surface area contributed by atoms with Gasteiger partial charge in [-0.05, 0) is 45.8 Å². The van der Waals surface area contributed by atoms with Gasteiger partial charge in [-0.25, -0.2) is 0 Å². The van der Waals surface area contributed by atoms with E-state index < -0.39 is 0 Å². The number of carbonyl (C=O) groups excluding carboxylic acids is 1. The first-order chi connectivity index (χ1) is 10.0. The van der Waals surface area contributed by atoms with Gasteiger partial charge in [-0.2, -0.15) is 5.10 Å². The molecule has 1 saturated carbocycles. The molecule has 0 bridgehead atoms. The summed E-state index contributed by atoms with van der Waals surface area (Å²) in [7, 11) is 4.07. The SMILES string of the molecule is CCC(CC)n1ccc(CC(=O)C2(N(C)C)CCCC2)n1. The van der Waals surface area contributed by atoms with E-state index >= 15 is 0 Å². The number of likely N-dealkylation sites (N-methyl/N-ethyl adjacent to an activating group) is 1. The highest BCUT2D eigenvalue weighted by atomic mass is 16.1. The minimum Gasteiger partial charge on any atom is -0.297 e. The van der Waals surface area contributed by atoms with E-state index in [4.69, 9.17) is 0 Å². The van der Waals surface area contributed by atoms with Crippen molar-refractivity contribution in [2.24, 2.45) is 0 Å². The first-order valence-corrected chi connectivity index (χ1v) is 8.28. The molecule has 0 spiro atoms. The van der Waals surface area contributed by atoms with Gasteiger partial charge in [-0.15, -0.1) is 0 Å². The van der Waals surface area contributed by atoms with Gasteiger partial charge in [-0.1, -0.05) is 26.7 Å². The van der Waals surface area contributed by atoms with Crippen LogP contribution in [0.25, 0.3) is 0 Å². The number of hydrogen-bond acceptors (Lipinski definition) is 3. The summed E-state index contributed by atoms with van der Waals surface area (Å²) in [5.74, 6) is 0.333. The molecule has 1 aliphatic carbocycles. The second kappa shape index (κ2) is 6.73. The van der Waals surface area contributed by atoms with Crippen LogP contribution in [-0.4, -0.2) is 40.1 Å². The van der Waals surface area contributed by atoms with Gasteiger partial charge in [0.05, 0.1) is 23.7 Å². The Morgan fingerprint density at radius 2 is 1.95 bits per heavy atom. The number of ketones is 1. The zero-order valence-electron chi connectivity index (χ0n) is 13.9. The van der Waals surface area contributed by atoms with Crippen LogP contribution >= 0.6 is 0 Å². The fourth-order valence-electron chi connectivity index (χ4n) is 3.60. The number of nitrogens with zero attached hydrogens (tertiary/aromatic N) is 3. The Morgan fingerprint density at radius 3 is 2.48 bits per heavy atom. The maximum atomic E-state index is 12.8. The van der Waals surface area contributed by atoms with Crippen molar-refractivity contribution in [1.82, 2.24) is 14.7 Å². The molecule has 4 heteroatoms. The standard InChI is InChI=1S/C17H29N3O/c1-5-15(6-2)20-12-9-14(18-20)13-16(21)17(19(3)4)10-7-8-11-17/h9,12,15H,5-8,10-11,13H2,1-4H3. The fraction of sp³-hybridized carbons (Fsp3) is 0.765. The number of carbonyl (C=O) groups is 1. The summed E-state index contributed by atoms with van der Waals surface area (Å²) in [6, 6.07) is 2.46. The first-order valence-electron chi connectivity index (χ1n) is 8.28. The maximum absolute atomic E-state index is 12.8. The number of Topliss-reactive ketones (excluding diaryl/α,β-unsaturated/α-hetero) is 1. The molecule has 0 radical (unpaired) electrons. The summed E-state index contributed by atoms with van der Waals surface area (Å²) >= 11 is 0. The molecule has 4 nitrogen and oxygen atoms in total. The monoisotopic (exact) mass is 291 g/mol. The van der Waals surface area contributed by atoms with Crippen molar-refractivity contribution in [3.05, 3.63) is 18.0 Å². The molecule has 21 heavy (non-hydrogen) atoms. The van der Waals surface area contributed by atoms with E-state index in [2.05, 4.69) is 23.8 Å². The minimum absolute atomic E-state index is 0.251. The summed E-state index contributed by atoms with van der Waals surface area (Å²) in [5, 5.41) is 4.63. The molecule has 0 aromatic carbocycles. The number of aromatic nitrogens is 2. The van der Waals surface area contributed by atoms with Gasteiger partial charge in [0.2, 0.25) is 0 Å². The molecular formula is C17H29N3O. The fourth-order valence-corrected chi connectivity index (χ4v) is 3.60. The van der Waals surface area contributed by atoms with E-state index in [1.165, 1.54) is 0 Å². The molecule has 0 N–H and O–H groups in total. The summed E-state index contributed by atoms with van der Waals surface area (Å²) in [4.78, 5) is 14.9. The summed E-state index contributed by atoms with van der Waals surface area (Å²) < 4.78 is 2.03. The topological polar surface area (TPSA) is 38.1 Å². The van der Waals surface area contributed by atoms with E-state index in [-0.39, 0.29) is 5.54 Å². The minimum atomic E-state index is -0.251. The predicted molar refractivity (Wildman–Crippen MR) is 85.4 cm³/mol. The molecule has 1 heterocycles. The Bertz CT molecular complexity index is 468. The molecule has 1 fully saturated rings. The second-order valence-electron chi connectivity index (χ2n) is 6.49. The Morgan fingerprint density at radius 1 is 1.33 bits per heavy atom. The van der Waals surface area contributed by atoms with E-state index in [0.29, 0.717) is 18.2 Å². The second-order valence-corrected chi connectivity index (χ2v) is 6.49. The van der Waals surface area contributed by atoms with E-state index in [0.717, 1.165) is 44.2 Å². The highest BCUT2D eigenvalue weighted by molar-refractivity contribution is 5.90. The lowest BCUT2D eigenvalue weighted by Crippen LogP contribution is -2.49. The van der Waals surface area contributed by atoms with Crippen molar-refractivity contribution >= 4 is 5.78 Å². The molecule has 2 rings (SSSR count). The molecular weight excluding hydrogens is 262 g/mol. The quantitative estimate of drug-likeness (QED) is 0.774. The van der Waals surface area contributed by atoms with E-state index in [1.807, 2.05) is 31.0 Å². The third kappa shape index (κ3) is 3.20. The normalized spacial score (nSPS) is 17.8. The molecule has 0 aliphatic heterocycles. The Labute approximate surface area is 128 Å². The van der Waals surface area contributed by atoms with Crippen molar-refractivity contribution in [3.63, 3.8) is 0 Å². The summed E-state index contributed by atoms with van der Waals surface area (Å²) in [5.41, 5.74) is 0.665. The van der Waals surface area contributed by atoms with Crippen LogP contribution in [0.4, 0.5) is 0 Å². The van der Waals surface area contributed by atoms with Crippen LogP contribution in [0.5, 0.6) is 0 Å². The first kappa shape index (κ1) is 16.2. The average molecular weight is 291 g/mol. The highest BCUT2D eigenvalue weighted by Gasteiger charge is 2.42. The van der Waals surface area contributed by atoms with E-state index in [1.54, 1.807) is 0 Å². The third-order valence-corrected chi connectivity index (χ3v) is 5.13. The lowest BCUT2D eigenvalue weighted by atomic mass is 9.88. The van der Waals surface area contributed by atoms with Crippen LogP contribution < -0.4 is 0 Å². The predicted octanol–water partition coefficient (Wildman–Crippen LogP) is 3.23. The van der Waals surface area contributed by atoms with Crippen molar-refractivity contribution in [1.29, 1.82) is 0 Å². The van der Waals surface area contributed by atoms with Gasteiger partial charge >= 0.3 is 0 Å². The van der Waals surface area contributed by atoms with Crippen molar-refractivity contribution in [3.8, 4) is 0 Å². The molecule has 1 aromatic rings. The van der Waals surface area contributed by atoms with Crippen LogP contribution in [0.2, 0.25) is 0 Å². The molecule has 1 aliphatic rings. The average Bonchev–Trinajstić information content (AvgIpc) is 3.10. The Balaban J connectivity index is 2.09. The van der Waals surface area contributed by atoms with E-state index in [9.17, 15) is 4.79 Å². The number of rotatable bonds is 7. The molecule has 0 unspecified atom stereocenters. The zero-order chi connectivity index (χ0) is 15.5. The van der Waals surface area contributed by atoms with Crippen molar-refractivity contribution in [2.75, 3.05) is 14.1 Å². The van der Waals surface area contributed by atoms with Crippen LogP contribution in [0, 0.1) is 0 Å². The Hall–Kier alpha value is -1.16. The lowest BCUT2D eigenvalue weighted by Gasteiger charge is -2.34. The van der Waals surface area contributed by atoms with Crippen LogP contribution in [0.15, 0.2) is 12.3 Å². The number of hydrogen-bond donors (Lipinski definition) is 0. The van der Waals surface area contributed by atoms with Gasteiger partial charge < -0.3 is 0 Å². The third-order valence-electron chi connectivity index (χ3n) is 5.13. The molecule has 118 valence electrons. The van der Waals surface area contributed by atoms with Gasteiger partial charge in [0.25, 0.3) is 0 Å². The summed E-state index contributed by atoms with van der Waals surface area (Å²) in [6.07, 6.45) is 8.94. The summed E-state index contributed by atoms with van der Waals surface area (Å²) in [6.45, 7) is 4.36. The molecule has 0 amide bonds. The van der Waals surface area contributed by atoms with Gasteiger partial charge in [0, 0.05) is 6.20 Å². The lowest BCUT2D eigenvalue weighted by molar-refractivity contribution is -0.128. The zero-order valence-corrected chi connectivity index (χ0v) is 13.9. The largest absolute Gasteiger partial charge is 0.297 e. The molecule has 1 aromatic heterocycles. The highest BCUT2D eigenvalue weighted by Crippen LogP contribution is 2.35. The van der Waals surface area contributed by atoms with Crippen LogP contribution in [0.1, 0.15) is 64.1 Å². The Kier molecular flexibility index (Phi) is 5.20. The van der Waals surface area contributed by atoms with Gasteiger partial charge in [0.15, 0.2) is 5.78 Å². The molecule has 0 atom stereocenters. The smallest absolute Gasteiger partial charge is 0.159 e. The van der Waals surface area contributed by atoms with Crippen LogP contribution in [-0.2, 0) is 11.2 Å². The van der Waals surface area contributed by atoms with Crippen LogP contribution in [0.3, 0.4) is 0 Å². The maximum Gasteiger partial charge on any atom is 0.159 e. The van der Waals surface area contributed by atoms with Gasteiger partial charge in [0.1, 0.15) is 0 Å². The molecule has 0 saturated heterocycles. The van der Waals surface area contributed by atoms with Gasteiger partial charge in [-0.3, -0.25) is 14.4 Å². The van der Waals surface area contributed by atoms with Crippen molar-refractivity contribution < 1.29 is 4.79 Å². The van der Waals surface area contributed by atoms with Crippen molar-refractivity contribution in [2.45, 2.75) is 70.4 Å².